The van der Waals surface area contributed by atoms with Crippen LogP contribution in [0.15, 0.2) is 73.1 Å². The number of carbonyl (C=O) groups excluding carboxylic acids is 1. The molecule has 1 heterocycles. The Balaban J connectivity index is 1.40. The molecule has 156 valence electrons. The monoisotopic (exact) mass is 411 g/mol. The van der Waals surface area contributed by atoms with Crippen LogP contribution in [0.4, 0.5) is 0 Å². The van der Waals surface area contributed by atoms with E-state index in [1.807, 2.05) is 36.5 Å². The quantitative estimate of drug-likeness (QED) is 0.431. The van der Waals surface area contributed by atoms with E-state index in [9.17, 15) is 4.79 Å². The van der Waals surface area contributed by atoms with E-state index in [1.54, 1.807) is 19.0 Å². The van der Waals surface area contributed by atoms with E-state index < -0.39 is 0 Å². The summed E-state index contributed by atoms with van der Waals surface area (Å²) in [5.41, 5.74) is 3.94. The van der Waals surface area contributed by atoms with Crippen LogP contribution in [0.5, 0.6) is 5.75 Å². The third kappa shape index (κ3) is 4.04. The molecule has 0 N–H and O–H groups in total. The smallest absolute Gasteiger partial charge is 0.253 e. The predicted molar refractivity (Wildman–Crippen MR) is 122 cm³/mol. The second-order valence-electron chi connectivity index (χ2n) is 8.32. The molecule has 0 saturated heterocycles. The minimum absolute atomic E-state index is 0.00150. The molecule has 0 atom stereocenters. The summed E-state index contributed by atoms with van der Waals surface area (Å²) < 4.78 is 8.23. The van der Waals surface area contributed by atoms with Gasteiger partial charge in [0.2, 0.25) is 0 Å². The van der Waals surface area contributed by atoms with Crippen LogP contribution in [-0.4, -0.2) is 34.7 Å². The lowest BCUT2D eigenvalue weighted by Gasteiger charge is -2.12. The van der Waals surface area contributed by atoms with Gasteiger partial charge in [-0.1, -0.05) is 36.4 Å². The van der Waals surface area contributed by atoms with E-state index >= 15 is 0 Å². The predicted octanol–water partition coefficient (Wildman–Crippen LogP) is 5.32. The molecular weight excluding hydrogens is 386 g/mol. The number of hydrogen-bond donors (Lipinski definition) is 0. The van der Waals surface area contributed by atoms with Crippen LogP contribution in [0.1, 0.15) is 34.8 Å². The van der Waals surface area contributed by atoms with Crippen LogP contribution >= 0.6 is 0 Å². The average molecular weight is 412 g/mol. The van der Waals surface area contributed by atoms with Gasteiger partial charge in [0.1, 0.15) is 12.4 Å². The van der Waals surface area contributed by atoms with Crippen molar-refractivity contribution < 1.29 is 9.53 Å². The minimum Gasteiger partial charge on any atom is -0.489 e. The van der Waals surface area contributed by atoms with Gasteiger partial charge in [0.05, 0.1) is 12.2 Å². The zero-order chi connectivity index (χ0) is 21.4. The first kappa shape index (κ1) is 19.4. The fraction of sp³-hybridized carbons (Fsp3) is 0.231. The van der Waals surface area contributed by atoms with Crippen molar-refractivity contribution >= 4 is 16.7 Å². The summed E-state index contributed by atoms with van der Waals surface area (Å²) >= 11 is 0. The molecule has 31 heavy (non-hydrogen) atoms. The summed E-state index contributed by atoms with van der Waals surface area (Å²) in [6, 6.07) is 20.7. The number of fused-ring (bicyclic) bond motifs is 1. The van der Waals surface area contributed by atoms with E-state index in [0.29, 0.717) is 18.2 Å². The van der Waals surface area contributed by atoms with Gasteiger partial charge in [-0.25, -0.2) is 0 Å². The lowest BCUT2D eigenvalue weighted by molar-refractivity contribution is 0.0827. The van der Waals surface area contributed by atoms with Crippen LogP contribution in [0, 0.1) is 0 Å². The van der Waals surface area contributed by atoms with Crippen LogP contribution < -0.4 is 4.74 Å². The first-order valence-corrected chi connectivity index (χ1v) is 10.6. The summed E-state index contributed by atoms with van der Waals surface area (Å²) in [5.74, 6) is 0.819. The Labute approximate surface area is 181 Å². The fourth-order valence-corrected chi connectivity index (χ4v) is 3.79. The molecule has 5 rings (SSSR count). The number of rotatable bonds is 6. The van der Waals surface area contributed by atoms with Crippen molar-refractivity contribution in [2.45, 2.75) is 25.5 Å². The van der Waals surface area contributed by atoms with Crippen LogP contribution in [-0.2, 0) is 6.61 Å². The van der Waals surface area contributed by atoms with Crippen LogP contribution in [0.2, 0.25) is 0 Å². The minimum atomic E-state index is -0.00150. The molecule has 1 fully saturated rings. The second kappa shape index (κ2) is 7.91. The molecule has 1 aromatic heterocycles. The van der Waals surface area contributed by atoms with Crippen molar-refractivity contribution in [1.82, 2.24) is 14.7 Å². The Morgan fingerprint density at radius 3 is 2.61 bits per heavy atom. The van der Waals surface area contributed by atoms with Gasteiger partial charge in [-0.2, -0.15) is 5.10 Å². The molecule has 3 aromatic carbocycles. The number of amides is 1. The van der Waals surface area contributed by atoms with Crippen molar-refractivity contribution in [3.63, 3.8) is 0 Å². The highest BCUT2D eigenvalue weighted by Crippen LogP contribution is 2.37. The summed E-state index contributed by atoms with van der Waals surface area (Å²) in [6.45, 7) is 0.440. The number of carbonyl (C=O) groups is 1. The lowest BCUT2D eigenvalue weighted by Crippen LogP contribution is -2.21. The van der Waals surface area contributed by atoms with E-state index in [2.05, 4.69) is 46.3 Å². The molecule has 1 amide bonds. The molecule has 0 spiro atoms. The SMILES string of the molecule is CN(C)C(=O)c1ccc(COc2cc(-c3cnn(C4CC4)c3)c3ccccc3c2)cc1. The maximum atomic E-state index is 12.1. The Kier molecular flexibility index (Phi) is 4.94. The van der Waals surface area contributed by atoms with Gasteiger partial charge >= 0.3 is 0 Å². The molecule has 4 aromatic rings. The summed E-state index contributed by atoms with van der Waals surface area (Å²) in [5, 5.41) is 6.90. The fourth-order valence-electron chi connectivity index (χ4n) is 3.79. The van der Waals surface area contributed by atoms with Gasteiger partial charge in [0, 0.05) is 31.4 Å². The zero-order valence-corrected chi connectivity index (χ0v) is 17.8. The van der Waals surface area contributed by atoms with E-state index in [0.717, 1.165) is 27.8 Å². The molecule has 5 nitrogen and oxygen atoms in total. The molecule has 0 unspecified atom stereocenters. The molecule has 0 bridgehead atoms. The zero-order valence-electron chi connectivity index (χ0n) is 17.8. The normalized spacial score (nSPS) is 13.4. The maximum absolute atomic E-state index is 12.1. The summed E-state index contributed by atoms with van der Waals surface area (Å²) in [4.78, 5) is 13.6. The van der Waals surface area contributed by atoms with Gasteiger partial charge in [-0.05, 0) is 59.0 Å². The Bertz CT molecular complexity index is 1240. The van der Waals surface area contributed by atoms with E-state index in [1.165, 1.54) is 18.2 Å². The van der Waals surface area contributed by atoms with Gasteiger partial charge in [0.25, 0.3) is 5.91 Å². The molecular formula is C26H25N3O2. The highest BCUT2D eigenvalue weighted by Gasteiger charge is 2.24. The number of nitrogens with zero attached hydrogens (tertiary/aromatic N) is 3. The Hall–Kier alpha value is -3.60. The van der Waals surface area contributed by atoms with E-state index in [4.69, 9.17) is 4.74 Å². The number of benzene rings is 3. The first-order chi connectivity index (χ1) is 15.1. The van der Waals surface area contributed by atoms with Crippen LogP contribution in [0.3, 0.4) is 0 Å². The molecule has 0 radical (unpaired) electrons. The van der Waals surface area contributed by atoms with Gasteiger partial charge in [-0.3, -0.25) is 9.48 Å². The first-order valence-electron chi connectivity index (χ1n) is 10.6. The topological polar surface area (TPSA) is 47.4 Å². The van der Waals surface area contributed by atoms with Crippen LogP contribution in [0.25, 0.3) is 21.9 Å². The number of hydrogen-bond acceptors (Lipinski definition) is 3. The third-order valence-electron chi connectivity index (χ3n) is 5.68. The summed E-state index contributed by atoms with van der Waals surface area (Å²) in [7, 11) is 3.51. The Morgan fingerprint density at radius 1 is 1.10 bits per heavy atom. The summed E-state index contributed by atoms with van der Waals surface area (Å²) in [6.07, 6.45) is 6.52. The largest absolute Gasteiger partial charge is 0.489 e. The van der Waals surface area contributed by atoms with Gasteiger partial charge < -0.3 is 9.64 Å². The highest BCUT2D eigenvalue weighted by molar-refractivity contribution is 5.97. The highest BCUT2D eigenvalue weighted by atomic mass is 16.5. The van der Waals surface area contributed by atoms with Gasteiger partial charge in [-0.15, -0.1) is 0 Å². The molecule has 1 saturated carbocycles. The van der Waals surface area contributed by atoms with Crippen molar-refractivity contribution in [2.24, 2.45) is 0 Å². The number of ether oxygens (including phenoxy) is 1. The second-order valence-corrected chi connectivity index (χ2v) is 8.32. The average Bonchev–Trinajstić information content (AvgIpc) is 3.53. The molecule has 1 aliphatic rings. The molecule has 5 heteroatoms. The third-order valence-corrected chi connectivity index (χ3v) is 5.68. The standard InChI is InChI=1S/C26H25N3O2/c1-28(2)26(30)19-9-7-18(8-10-19)17-31-23-13-20-5-3-4-6-24(20)25(14-23)21-15-27-29(16-21)22-11-12-22/h3-10,13-16,22H,11-12,17H2,1-2H3. The number of aromatic nitrogens is 2. The van der Waals surface area contributed by atoms with E-state index in [-0.39, 0.29) is 5.91 Å². The van der Waals surface area contributed by atoms with Gasteiger partial charge in [0.15, 0.2) is 0 Å². The lowest BCUT2D eigenvalue weighted by atomic mass is 10.00. The van der Waals surface area contributed by atoms with Crippen molar-refractivity contribution in [2.75, 3.05) is 14.1 Å². The van der Waals surface area contributed by atoms with Crippen molar-refractivity contribution in [3.05, 3.63) is 84.2 Å². The van der Waals surface area contributed by atoms with Crippen molar-refractivity contribution in [1.29, 1.82) is 0 Å². The molecule has 0 aliphatic heterocycles. The Morgan fingerprint density at radius 2 is 1.87 bits per heavy atom. The molecule has 1 aliphatic carbocycles. The maximum Gasteiger partial charge on any atom is 0.253 e. The van der Waals surface area contributed by atoms with Crippen molar-refractivity contribution in [3.8, 4) is 16.9 Å².